The molecule has 0 aliphatic carbocycles. The Labute approximate surface area is 115 Å². The number of carbonyl (C=O) groups is 1. The molecule has 6 nitrogen and oxygen atoms in total. The summed E-state index contributed by atoms with van der Waals surface area (Å²) in [5.74, 6) is 0. The minimum Gasteiger partial charge on any atom is -0.465 e. The third-order valence-electron chi connectivity index (χ3n) is 2.61. The molecule has 0 spiro atoms. The summed E-state index contributed by atoms with van der Waals surface area (Å²) < 4.78 is 0. The molecule has 1 rings (SSSR count). The number of hydrogen-bond acceptors (Lipinski definition) is 3. The third-order valence-corrected chi connectivity index (χ3v) is 2.84. The number of halogens is 1. The summed E-state index contributed by atoms with van der Waals surface area (Å²) in [6.07, 6.45) is -1.14. The van der Waals surface area contributed by atoms with Gasteiger partial charge in [-0.25, -0.2) is 4.79 Å². The first kappa shape index (κ1) is 15.2. The minimum atomic E-state index is -1.14. The highest BCUT2D eigenvalue weighted by Crippen LogP contribution is 2.26. The molecule has 0 atom stereocenters. The van der Waals surface area contributed by atoms with Crippen molar-refractivity contribution in [1.82, 2.24) is 4.90 Å². The van der Waals surface area contributed by atoms with Crippen LogP contribution in [0.3, 0.4) is 0 Å². The van der Waals surface area contributed by atoms with Gasteiger partial charge in [-0.1, -0.05) is 11.6 Å². The van der Waals surface area contributed by atoms with Gasteiger partial charge in [0.05, 0.1) is 17.0 Å². The van der Waals surface area contributed by atoms with E-state index in [4.69, 9.17) is 11.6 Å². The maximum Gasteiger partial charge on any atom is 0.408 e. The quantitative estimate of drug-likeness (QED) is 0.680. The van der Waals surface area contributed by atoms with Crippen molar-refractivity contribution in [1.29, 1.82) is 0 Å². The molecule has 19 heavy (non-hydrogen) atoms. The fourth-order valence-corrected chi connectivity index (χ4v) is 1.82. The Morgan fingerprint density at radius 3 is 2.47 bits per heavy atom. The van der Waals surface area contributed by atoms with Gasteiger partial charge in [-0.3, -0.25) is 15.0 Å². The van der Waals surface area contributed by atoms with Gasteiger partial charge in [0, 0.05) is 16.6 Å². The highest BCUT2D eigenvalue weighted by molar-refractivity contribution is 6.30. The summed E-state index contributed by atoms with van der Waals surface area (Å²) in [7, 11) is 0. The number of rotatable bonds is 3. The van der Waals surface area contributed by atoms with Gasteiger partial charge in [-0.05, 0) is 32.9 Å². The Kier molecular flexibility index (Phi) is 4.36. The Hall–Kier alpha value is -1.82. The van der Waals surface area contributed by atoms with Crippen molar-refractivity contribution < 1.29 is 14.8 Å². The van der Waals surface area contributed by atoms with Crippen LogP contribution >= 0.6 is 11.6 Å². The highest BCUT2D eigenvalue weighted by Gasteiger charge is 2.28. The van der Waals surface area contributed by atoms with Crippen LogP contribution in [0.2, 0.25) is 5.02 Å². The Balaban J connectivity index is 3.19. The lowest BCUT2D eigenvalue weighted by Crippen LogP contribution is -2.44. The molecule has 0 fully saturated rings. The van der Waals surface area contributed by atoms with Crippen molar-refractivity contribution in [3.05, 3.63) is 38.9 Å². The number of nitrogens with zero attached hydrogens (tertiary/aromatic N) is 2. The van der Waals surface area contributed by atoms with Crippen LogP contribution in [0.5, 0.6) is 0 Å². The van der Waals surface area contributed by atoms with E-state index in [1.165, 1.54) is 18.2 Å². The molecular weight excluding hydrogens is 272 g/mol. The second-order valence-electron chi connectivity index (χ2n) is 5.07. The number of nitro benzene ring substituents is 1. The van der Waals surface area contributed by atoms with Crippen molar-refractivity contribution in [2.45, 2.75) is 32.9 Å². The lowest BCUT2D eigenvalue weighted by atomic mass is 10.0. The molecule has 0 saturated carbocycles. The van der Waals surface area contributed by atoms with E-state index in [2.05, 4.69) is 0 Å². The maximum atomic E-state index is 11.2. The van der Waals surface area contributed by atoms with Crippen molar-refractivity contribution >= 4 is 23.4 Å². The summed E-state index contributed by atoms with van der Waals surface area (Å²) in [6, 6.07) is 4.10. The van der Waals surface area contributed by atoms with E-state index in [-0.39, 0.29) is 17.8 Å². The van der Waals surface area contributed by atoms with Gasteiger partial charge < -0.3 is 5.11 Å². The lowest BCUT2D eigenvalue weighted by molar-refractivity contribution is -0.385. The Morgan fingerprint density at radius 2 is 2.05 bits per heavy atom. The molecule has 1 N–H and O–H groups in total. The predicted octanol–water partition coefficient (Wildman–Crippen LogP) is 3.53. The Bertz CT molecular complexity index is 511. The zero-order valence-corrected chi connectivity index (χ0v) is 11.6. The lowest BCUT2D eigenvalue weighted by Gasteiger charge is -2.33. The first-order chi connectivity index (χ1) is 8.62. The smallest absolute Gasteiger partial charge is 0.408 e. The van der Waals surface area contributed by atoms with Crippen LogP contribution in [0.4, 0.5) is 10.5 Å². The number of amides is 1. The van der Waals surface area contributed by atoms with Gasteiger partial charge >= 0.3 is 6.09 Å². The van der Waals surface area contributed by atoms with Crippen LogP contribution in [0.25, 0.3) is 0 Å². The fraction of sp³-hybridized carbons (Fsp3) is 0.417. The summed E-state index contributed by atoms with van der Waals surface area (Å²) in [6.45, 7) is 5.07. The van der Waals surface area contributed by atoms with Gasteiger partial charge in [0.2, 0.25) is 0 Å². The maximum absolute atomic E-state index is 11.2. The normalized spacial score (nSPS) is 11.2. The van der Waals surface area contributed by atoms with Crippen molar-refractivity contribution in [2.75, 3.05) is 0 Å². The van der Waals surface area contributed by atoms with Crippen molar-refractivity contribution in [3.8, 4) is 0 Å². The monoisotopic (exact) mass is 286 g/mol. The summed E-state index contributed by atoms with van der Waals surface area (Å²) in [5, 5.41) is 20.5. The van der Waals surface area contributed by atoms with Gasteiger partial charge in [0.25, 0.3) is 5.69 Å². The molecule has 1 aromatic rings. The molecule has 0 saturated heterocycles. The zero-order valence-electron chi connectivity index (χ0n) is 10.9. The fourth-order valence-electron chi connectivity index (χ4n) is 1.62. The van der Waals surface area contributed by atoms with Crippen LogP contribution in [-0.2, 0) is 6.54 Å². The molecule has 0 heterocycles. The molecule has 104 valence electrons. The average molecular weight is 287 g/mol. The van der Waals surface area contributed by atoms with E-state index in [0.29, 0.717) is 5.02 Å². The first-order valence-corrected chi connectivity index (χ1v) is 5.94. The largest absolute Gasteiger partial charge is 0.465 e. The van der Waals surface area contributed by atoms with E-state index >= 15 is 0 Å². The predicted molar refractivity (Wildman–Crippen MR) is 71.4 cm³/mol. The van der Waals surface area contributed by atoms with Crippen LogP contribution in [0.15, 0.2) is 18.2 Å². The standard InChI is InChI=1S/C12H15ClN2O4/c1-12(2,3)14(11(16)17)7-8-6-9(13)4-5-10(8)15(18)19/h4-6H,7H2,1-3H3,(H,16,17). The number of carboxylic acid groups (broad SMARTS) is 1. The average Bonchev–Trinajstić information content (AvgIpc) is 2.23. The van der Waals surface area contributed by atoms with Gasteiger partial charge in [-0.2, -0.15) is 0 Å². The van der Waals surface area contributed by atoms with Gasteiger partial charge in [0.1, 0.15) is 0 Å². The van der Waals surface area contributed by atoms with E-state index in [1.54, 1.807) is 20.8 Å². The SMILES string of the molecule is CC(C)(C)N(Cc1cc(Cl)ccc1[N+](=O)[O-])C(=O)O. The number of hydrogen-bond donors (Lipinski definition) is 1. The highest BCUT2D eigenvalue weighted by atomic mass is 35.5. The zero-order chi connectivity index (χ0) is 14.8. The number of benzene rings is 1. The van der Waals surface area contributed by atoms with Gasteiger partial charge in [0.15, 0.2) is 0 Å². The molecule has 0 aliphatic heterocycles. The van der Waals surface area contributed by atoms with E-state index < -0.39 is 16.6 Å². The Morgan fingerprint density at radius 1 is 1.47 bits per heavy atom. The molecule has 0 bridgehead atoms. The second kappa shape index (κ2) is 5.44. The third kappa shape index (κ3) is 3.82. The van der Waals surface area contributed by atoms with Crippen molar-refractivity contribution in [3.63, 3.8) is 0 Å². The van der Waals surface area contributed by atoms with E-state index in [9.17, 15) is 20.0 Å². The van der Waals surface area contributed by atoms with Crippen LogP contribution in [0.1, 0.15) is 26.3 Å². The molecule has 1 aromatic carbocycles. The molecule has 0 aliphatic rings. The van der Waals surface area contributed by atoms with Gasteiger partial charge in [-0.15, -0.1) is 0 Å². The van der Waals surface area contributed by atoms with Crippen LogP contribution in [0, 0.1) is 10.1 Å². The van der Waals surface area contributed by atoms with Crippen LogP contribution < -0.4 is 0 Å². The minimum absolute atomic E-state index is 0.0876. The summed E-state index contributed by atoms with van der Waals surface area (Å²) >= 11 is 5.81. The van der Waals surface area contributed by atoms with E-state index in [1.807, 2.05) is 0 Å². The van der Waals surface area contributed by atoms with E-state index in [0.717, 1.165) is 4.90 Å². The summed E-state index contributed by atoms with van der Waals surface area (Å²) in [4.78, 5) is 22.8. The number of nitro groups is 1. The second-order valence-corrected chi connectivity index (χ2v) is 5.51. The topological polar surface area (TPSA) is 83.7 Å². The molecule has 7 heteroatoms. The molecule has 1 amide bonds. The first-order valence-electron chi connectivity index (χ1n) is 5.56. The van der Waals surface area contributed by atoms with Crippen LogP contribution in [-0.4, -0.2) is 26.6 Å². The molecule has 0 radical (unpaired) electrons. The summed E-state index contributed by atoms with van der Waals surface area (Å²) in [5.41, 5.74) is -0.531. The molecular formula is C12H15ClN2O4. The van der Waals surface area contributed by atoms with Crippen molar-refractivity contribution in [2.24, 2.45) is 0 Å². The molecule has 0 unspecified atom stereocenters. The molecule has 0 aromatic heterocycles.